The summed E-state index contributed by atoms with van der Waals surface area (Å²) in [6, 6.07) is 3.87. The molecular formula is C15H20ClNO4. The number of non-ortho nitro benzene ring substituents is 1. The molecule has 0 N–H and O–H groups in total. The zero-order valence-electron chi connectivity index (χ0n) is 12.1. The lowest BCUT2D eigenvalue weighted by Gasteiger charge is -2.09. The average Bonchev–Trinajstić information content (AvgIpc) is 2.46. The Balaban J connectivity index is 2.51. The van der Waals surface area contributed by atoms with E-state index in [0.29, 0.717) is 12.4 Å². The molecule has 0 amide bonds. The Bertz CT molecular complexity index is 491. The lowest BCUT2D eigenvalue weighted by Crippen LogP contribution is -2.03. The third-order valence-electron chi connectivity index (χ3n) is 3.14. The summed E-state index contributed by atoms with van der Waals surface area (Å²) in [6.07, 6.45) is 6.79. The van der Waals surface area contributed by atoms with Gasteiger partial charge in [0.05, 0.1) is 17.1 Å². The van der Waals surface area contributed by atoms with Gasteiger partial charge in [0.25, 0.3) is 10.9 Å². The Labute approximate surface area is 129 Å². The van der Waals surface area contributed by atoms with Gasteiger partial charge < -0.3 is 4.74 Å². The van der Waals surface area contributed by atoms with Crippen LogP contribution in [-0.4, -0.2) is 16.8 Å². The third-order valence-corrected chi connectivity index (χ3v) is 3.34. The van der Waals surface area contributed by atoms with Crippen molar-refractivity contribution in [1.82, 2.24) is 0 Å². The van der Waals surface area contributed by atoms with Crippen molar-refractivity contribution < 1.29 is 14.5 Å². The van der Waals surface area contributed by atoms with E-state index in [1.807, 2.05) is 0 Å². The van der Waals surface area contributed by atoms with Crippen LogP contribution >= 0.6 is 11.6 Å². The van der Waals surface area contributed by atoms with Gasteiger partial charge in [-0.2, -0.15) is 0 Å². The summed E-state index contributed by atoms with van der Waals surface area (Å²) in [4.78, 5) is 21.4. The molecule has 0 spiro atoms. The summed E-state index contributed by atoms with van der Waals surface area (Å²) in [5.74, 6) is 0.300. The molecule has 0 radical (unpaired) electrons. The summed E-state index contributed by atoms with van der Waals surface area (Å²) in [7, 11) is 0. The van der Waals surface area contributed by atoms with E-state index < -0.39 is 10.2 Å². The second kappa shape index (κ2) is 9.34. The topological polar surface area (TPSA) is 69.4 Å². The minimum Gasteiger partial charge on any atom is -0.493 e. The van der Waals surface area contributed by atoms with Crippen molar-refractivity contribution in [3.05, 3.63) is 33.9 Å². The maximum atomic E-state index is 11.3. The monoisotopic (exact) mass is 313 g/mol. The van der Waals surface area contributed by atoms with Crippen LogP contribution in [-0.2, 0) is 0 Å². The van der Waals surface area contributed by atoms with Crippen molar-refractivity contribution >= 4 is 22.5 Å². The minimum atomic E-state index is -0.753. The number of carbonyl (C=O) groups excluding carboxylic acids is 1. The van der Waals surface area contributed by atoms with Crippen LogP contribution in [0.1, 0.15) is 55.8 Å². The molecule has 6 heteroatoms. The van der Waals surface area contributed by atoms with E-state index in [1.54, 1.807) is 0 Å². The van der Waals surface area contributed by atoms with Crippen LogP contribution in [0.3, 0.4) is 0 Å². The van der Waals surface area contributed by atoms with Crippen LogP contribution in [0, 0.1) is 10.1 Å². The molecule has 21 heavy (non-hydrogen) atoms. The van der Waals surface area contributed by atoms with Gasteiger partial charge in [-0.25, -0.2) is 0 Å². The highest BCUT2D eigenvalue weighted by Crippen LogP contribution is 2.26. The first-order chi connectivity index (χ1) is 10.1. The van der Waals surface area contributed by atoms with Crippen LogP contribution in [0.5, 0.6) is 5.75 Å². The molecule has 1 aromatic rings. The van der Waals surface area contributed by atoms with E-state index in [2.05, 4.69) is 6.92 Å². The summed E-state index contributed by atoms with van der Waals surface area (Å²) in [6.45, 7) is 2.64. The highest BCUT2D eigenvalue weighted by Gasteiger charge is 2.16. The van der Waals surface area contributed by atoms with Crippen LogP contribution in [0.15, 0.2) is 18.2 Å². The smallest absolute Gasteiger partial charge is 0.270 e. The predicted molar refractivity (Wildman–Crippen MR) is 82.2 cm³/mol. The van der Waals surface area contributed by atoms with Crippen molar-refractivity contribution in [3.8, 4) is 5.75 Å². The summed E-state index contributed by atoms with van der Waals surface area (Å²) in [5.41, 5.74) is -0.136. The first-order valence-corrected chi connectivity index (χ1v) is 7.55. The van der Waals surface area contributed by atoms with Crippen LogP contribution in [0.2, 0.25) is 0 Å². The van der Waals surface area contributed by atoms with Crippen LogP contribution in [0.4, 0.5) is 5.69 Å². The average molecular weight is 314 g/mol. The number of benzene rings is 1. The molecule has 0 unspecified atom stereocenters. The van der Waals surface area contributed by atoms with Crippen molar-refractivity contribution in [3.63, 3.8) is 0 Å². The maximum absolute atomic E-state index is 11.3. The second-order valence-corrected chi connectivity index (χ2v) is 5.17. The van der Waals surface area contributed by atoms with E-state index in [1.165, 1.54) is 37.8 Å². The standard InChI is InChI=1S/C15H20ClNO4/c1-2-3-4-5-6-7-10-21-14-9-8-12(17(19)20)11-13(14)15(16)18/h8-9,11H,2-7,10H2,1H3. The number of ether oxygens (including phenoxy) is 1. The van der Waals surface area contributed by atoms with Gasteiger partial charge in [0, 0.05) is 12.1 Å². The summed E-state index contributed by atoms with van der Waals surface area (Å²) in [5, 5.41) is 9.93. The number of hydrogen-bond donors (Lipinski definition) is 0. The fourth-order valence-corrected chi connectivity index (χ4v) is 2.12. The van der Waals surface area contributed by atoms with Gasteiger partial charge in [-0.15, -0.1) is 0 Å². The molecule has 0 saturated heterocycles. The normalized spacial score (nSPS) is 10.4. The van der Waals surface area contributed by atoms with Crippen molar-refractivity contribution in [2.45, 2.75) is 45.4 Å². The maximum Gasteiger partial charge on any atom is 0.270 e. The van der Waals surface area contributed by atoms with E-state index >= 15 is 0 Å². The number of halogens is 1. The number of nitro groups is 1. The number of unbranched alkanes of at least 4 members (excludes halogenated alkanes) is 5. The zero-order valence-corrected chi connectivity index (χ0v) is 12.9. The second-order valence-electron chi connectivity index (χ2n) is 4.83. The summed E-state index contributed by atoms with van der Waals surface area (Å²) < 4.78 is 5.51. The van der Waals surface area contributed by atoms with E-state index in [4.69, 9.17) is 16.3 Å². The van der Waals surface area contributed by atoms with E-state index in [0.717, 1.165) is 18.9 Å². The van der Waals surface area contributed by atoms with Gasteiger partial charge in [-0.1, -0.05) is 39.0 Å². The highest BCUT2D eigenvalue weighted by atomic mass is 35.5. The molecule has 5 nitrogen and oxygen atoms in total. The molecule has 0 bridgehead atoms. The Morgan fingerprint density at radius 3 is 2.52 bits per heavy atom. The Morgan fingerprint density at radius 2 is 1.90 bits per heavy atom. The SMILES string of the molecule is CCCCCCCCOc1ccc([N+](=O)[O-])cc1C(=O)Cl. The molecular weight excluding hydrogens is 294 g/mol. The fourth-order valence-electron chi connectivity index (χ4n) is 1.98. The molecule has 1 aromatic carbocycles. The number of carbonyl (C=O) groups is 1. The van der Waals surface area contributed by atoms with E-state index in [9.17, 15) is 14.9 Å². The van der Waals surface area contributed by atoms with Crippen LogP contribution in [0.25, 0.3) is 0 Å². The van der Waals surface area contributed by atoms with Crippen molar-refractivity contribution in [2.24, 2.45) is 0 Å². The minimum absolute atomic E-state index is 0.0387. The first kappa shape index (κ1) is 17.4. The van der Waals surface area contributed by atoms with Crippen molar-refractivity contribution in [1.29, 1.82) is 0 Å². The molecule has 1 rings (SSSR count). The molecule has 0 saturated carbocycles. The lowest BCUT2D eigenvalue weighted by atomic mass is 10.1. The molecule has 0 aromatic heterocycles. The highest BCUT2D eigenvalue weighted by molar-refractivity contribution is 6.68. The molecule has 116 valence electrons. The van der Waals surface area contributed by atoms with Gasteiger partial charge in [-0.3, -0.25) is 14.9 Å². The molecule has 0 aliphatic carbocycles. The van der Waals surface area contributed by atoms with E-state index in [-0.39, 0.29) is 11.3 Å². The summed E-state index contributed by atoms with van der Waals surface area (Å²) >= 11 is 5.44. The van der Waals surface area contributed by atoms with Gasteiger partial charge >= 0.3 is 0 Å². The number of nitrogens with zero attached hydrogens (tertiary/aromatic N) is 1. The number of rotatable bonds is 10. The largest absolute Gasteiger partial charge is 0.493 e. The van der Waals surface area contributed by atoms with Gasteiger partial charge in [-0.05, 0) is 24.1 Å². The van der Waals surface area contributed by atoms with Gasteiger partial charge in [0.2, 0.25) is 0 Å². The zero-order chi connectivity index (χ0) is 15.7. The molecule has 0 aliphatic heterocycles. The Kier molecular flexibility index (Phi) is 7.75. The lowest BCUT2D eigenvalue weighted by molar-refractivity contribution is -0.384. The number of nitro benzene ring substituents is 1. The third kappa shape index (κ3) is 6.12. The molecule has 0 aliphatic rings. The van der Waals surface area contributed by atoms with Crippen LogP contribution < -0.4 is 4.74 Å². The Hall–Kier alpha value is -1.62. The predicted octanol–water partition coefficient (Wildman–Crippen LogP) is 4.71. The van der Waals surface area contributed by atoms with Gasteiger partial charge in [0.15, 0.2) is 0 Å². The molecule has 0 fully saturated rings. The first-order valence-electron chi connectivity index (χ1n) is 7.17. The number of hydrogen-bond acceptors (Lipinski definition) is 4. The Morgan fingerprint density at radius 1 is 1.24 bits per heavy atom. The van der Waals surface area contributed by atoms with Crippen molar-refractivity contribution in [2.75, 3.05) is 6.61 Å². The molecule has 0 atom stereocenters. The fraction of sp³-hybridized carbons (Fsp3) is 0.533. The van der Waals surface area contributed by atoms with Gasteiger partial charge in [0.1, 0.15) is 5.75 Å². The quantitative estimate of drug-likeness (QED) is 0.271. The molecule has 0 heterocycles.